The monoisotopic (exact) mass is 686 g/mol. The largest absolute Gasteiger partial charge is 0.491 e. The van der Waals surface area contributed by atoms with Crippen LogP contribution < -0.4 is 19.7 Å². The van der Waals surface area contributed by atoms with Crippen molar-refractivity contribution in [3.8, 4) is 5.75 Å². The minimum Gasteiger partial charge on any atom is -0.491 e. The van der Waals surface area contributed by atoms with Crippen LogP contribution in [-0.4, -0.2) is 77.3 Å². The summed E-state index contributed by atoms with van der Waals surface area (Å²) >= 11 is 6.51. The number of allylic oxidation sites excluding steroid dienone is 4. The Morgan fingerprint density at radius 3 is 2.68 bits per heavy atom. The predicted octanol–water partition coefficient (Wildman–Crippen LogP) is 5.21. The number of carbonyl (C=O) groups is 2. The minimum absolute atomic E-state index is 0.0000937. The fourth-order valence-electron chi connectivity index (χ4n) is 8.00. The number of amides is 2. The molecule has 1 aromatic carbocycles. The number of nitrogens with one attached hydrogen (secondary N) is 2. The highest BCUT2D eigenvalue weighted by molar-refractivity contribution is 7.90. The first-order chi connectivity index (χ1) is 22.1. The van der Waals surface area contributed by atoms with E-state index in [1.54, 1.807) is 40.1 Å². The Kier molecular flexibility index (Phi) is 8.98. The third-order valence-electron chi connectivity index (χ3n) is 11.3. The maximum absolute atomic E-state index is 13.6. The van der Waals surface area contributed by atoms with Gasteiger partial charge in [-0.15, -0.1) is 0 Å². The molecule has 2 fully saturated rings. The molecule has 2 bridgehead atoms. The molecule has 3 aliphatic carbocycles. The van der Waals surface area contributed by atoms with Gasteiger partial charge in [-0.25, -0.2) is 17.9 Å². The van der Waals surface area contributed by atoms with Crippen molar-refractivity contribution < 1.29 is 27.5 Å². The number of anilines is 1. The zero-order chi connectivity index (χ0) is 33.8. The maximum atomic E-state index is 13.6. The van der Waals surface area contributed by atoms with Crippen LogP contribution in [-0.2, 0) is 19.6 Å². The van der Waals surface area contributed by atoms with E-state index in [2.05, 4.69) is 34.0 Å². The van der Waals surface area contributed by atoms with E-state index < -0.39 is 33.7 Å². The second-order valence-corrected chi connectivity index (χ2v) is 17.0. The van der Waals surface area contributed by atoms with Crippen LogP contribution in [0.25, 0.3) is 0 Å². The lowest BCUT2D eigenvalue weighted by molar-refractivity contribution is -0.124. The summed E-state index contributed by atoms with van der Waals surface area (Å²) in [5.74, 6) is 0.446. The molecule has 0 radical (unpaired) electrons. The van der Waals surface area contributed by atoms with Gasteiger partial charge < -0.3 is 24.6 Å². The topological polar surface area (TPSA) is 117 Å². The van der Waals surface area contributed by atoms with Crippen LogP contribution in [0.3, 0.4) is 0 Å². The van der Waals surface area contributed by atoms with Gasteiger partial charge in [-0.1, -0.05) is 43.2 Å². The van der Waals surface area contributed by atoms with Crippen LogP contribution in [0, 0.1) is 28.6 Å². The molecule has 6 atom stereocenters. The zero-order valence-electron chi connectivity index (χ0n) is 27.9. The molecular formula is C35H47ClN4O6S. The van der Waals surface area contributed by atoms with Crippen LogP contribution in [0.5, 0.6) is 5.75 Å². The lowest BCUT2D eigenvalue weighted by atomic mass is 9.51. The first-order valence-corrected chi connectivity index (χ1v) is 18.5. The molecule has 2 N–H and O–H groups in total. The second-order valence-electron chi connectivity index (χ2n) is 14.9. The molecule has 2 amide bonds. The molecule has 10 nitrogen and oxygen atoms in total. The molecule has 5 aliphatic rings. The van der Waals surface area contributed by atoms with Crippen LogP contribution >= 0.6 is 11.6 Å². The standard InChI is InChI=1S/C35H47ClN4O6S/c1-33(2)31(41)38-47(43,44)26-11-13-30-28(19-26)40(20-23-10-12-27(23)29(9-7-17-37-33)46-32(42)39(4)5)21-35(22-45-30)15-6-8-24-18-25(36)14-16-34(24,35)3/h7,9,11,13-14,16,18-19,23-24,27,29,37H,6,8,10,12,15,17,20-22H2,1-5H3,(H,38,41)/b9-7+/t23-,24?,27+,29+,34?,35-/m0/s1. The Labute approximate surface area is 283 Å². The molecule has 1 aromatic rings. The highest BCUT2D eigenvalue weighted by Crippen LogP contribution is 2.59. The summed E-state index contributed by atoms with van der Waals surface area (Å²) in [6.45, 7) is 7.61. The molecule has 2 heterocycles. The number of halogens is 1. The number of nitrogens with zero attached hydrogens (tertiary/aromatic N) is 2. The third-order valence-corrected chi connectivity index (χ3v) is 12.9. The molecule has 0 saturated heterocycles. The van der Waals surface area contributed by atoms with Gasteiger partial charge in [0.2, 0.25) is 0 Å². The molecule has 1 spiro atoms. The fourth-order valence-corrected chi connectivity index (χ4v) is 9.35. The summed E-state index contributed by atoms with van der Waals surface area (Å²) in [6.07, 6.45) is 14.2. The first-order valence-electron chi connectivity index (χ1n) is 16.6. The number of hydrogen-bond acceptors (Lipinski definition) is 8. The first kappa shape index (κ1) is 33.9. The molecule has 2 aliphatic heterocycles. The van der Waals surface area contributed by atoms with E-state index in [0.29, 0.717) is 31.1 Å². The summed E-state index contributed by atoms with van der Waals surface area (Å²) < 4.78 is 42.2. The average Bonchev–Trinajstić information content (AvgIpc) is 3.15. The summed E-state index contributed by atoms with van der Waals surface area (Å²) in [5, 5.41) is 3.88. The van der Waals surface area contributed by atoms with Crippen molar-refractivity contribution in [2.24, 2.45) is 28.6 Å². The number of carbonyl (C=O) groups excluding carboxylic acids is 2. The van der Waals surface area contributed by atoms with E-state index in [4.69, 9.17) is 21.1 Å². The van der Waals surface area contributed by atoms with Crippen molar-refractivity contribution in [3.05, 3.63) is 53.6 Å². The maximum Gasteiger partial charge on any atom is 0.409 e. The fraction of sp³-hybridized carbons (Fsp3) is 0.600. The Balaban J connectivity index is 1.44. The summed E-state index contributed by atoms with van der Waals surface area (Å²) in [5.41, 5.74) is -1.02. The van der Waals surface area contributed by atoms with Gasteiger partial charge >= 0.3 is 6.09 Å². The van der Waals surface area contributed by atoms with Crippen LogP contribution in [0.2, 0.25) is 0 Å². The number of fused-ring (bicyclic) bond motifs is 4. The molecule has 256 valence electrons. The summed E-state index contributed by atoms with van der Waals surface area (Å²) in [6, 6.07) is 4.86. The van der Waals surface area contributed by atoms with E-state index in [-0.39, 0.29) is 40.0 Å². The minimum atomic E-state index is -4.19. The molecule has 2 saturated carbocycles. The van der Waals surface area contributed by atoms with Crippen LogP contribution in [0.1, 0.15) is 52.9 Å². The third kappa shape index (κ3) is 6.31. The highest BCUT2D eigenvalue weighted by atomic mass is 35.5. The number of ether oxygens (including phenoxy) is 2. The van der Waals surface area contributed by atoms with E-state index in [0.717, 1.165) is 37.1 Å². The van der Waals surface area contributed by atoms with Crippen molar-refractivity contribution in [1.82, 2.24) is 14.9 Å². The van der Waals surface area contributed by atoms with Crippen molar-refractivity contribution >= 4 is 39.3 Å². The normalized spacial score (nSPS) is 35.1. The van der Waals surface area contributed by atoms with Gasteiger partial charge in [-0.3, -0.25) is 4.79 Å². The van der Waals surface area contributed by atoms with E-state index in [1.807, 2.05) is 18.2 Å². The van der Waals surface area contributed by atoms with E-state index >= 15 is 0 Å². The quantitative estimate of drug-likeness (QED) is 0.387. The molecule has 47 heavy (non-hydrogen) atoms. The van der Waals surface area contributed by atoms with Crippen molar-refractivity contribution in [1.29, 1.82) is 0 Å². The van der Waals surface area contributed by atoms with Gasteiger partial charge in [0.25, 0.3) is 15.9 Å². The molecule has 2 unspecified atom stereocenters. The van der Waals surface area contributed by atoms with Crippen LogP contribution in [0.15, 0.2) is 58.5 Å². The molecule has 0 aromatic heterocycles. The number of hydrogen-bond donors (Lipinski definition) is 2. The van der Waals surface area contributed by atoms with Crippen molar-refractivity contribution in [2.45, 2.75) is 69.4 Å². The summed E-state index contributed by atoms with van der Waals surface area (Å²) in [7, 11) is -0.853. The SMILES string of the molecule is CN(C)C(=O)O[C@@H]1/C=C/CNC(C)(C)C(=O)NS(=O)(=O)c2ccc3c(c2)N(C[C@@H]2CC[C@H]21)C[C@@]1(CCCC2C=C(Cl)C=CC21C)CO3. The molecular weight excluding hydrogens is 640 g/mol. The molecule has 6 rings (SSSR count). The number of benzene rings is 1. The Bertz CT molecular complexity index is 1620. The van der Waals surface area contributed by atoms with Crippen molar-refractivity contribution in [3.63, 3.8) is 0 Å². The highest BCUT2D eigenvalue weighted by Gasteiger charge is 2.56. The van der Waals surface area contributed by atoms with Gasteiger partial charge in [0.1, 0.15) is 11.9 Å². The molecule has 12 heteroatoms. The number of rotatable bonds is 1. The van der Waals surface area contributed by atoms with Gasteiger partial charge in [-0.2, -0.15) is 0 Å². The van der Waals surface area contributed by atoms with E-state index in [9.17, 15) is 18.0 Å². The number of sulfonamides is 1. The Hall–Kier alpha value is -3.02. The van der Waals surface area contributed by atoms with E-state index in [1.165, 1.54) is 11.0 Å². The van der Waals surface area contributed by atoms with Gasteiger partial charge in [0.15, 0.2) is 0 Å². The second kappa shape index (κ2) is 12.5. The van der Waals surface area contributed by atoms with Gasteiger partial charge in [0, 0.05) is 55.5 Å². The Morgan fingerprint density at radius 2 is 1.96 bits per heavy atom. The average molecular weight is 687 g/mol. The van der Waals surface area contributed by atoms with Crippen LogP contribution in [0.4, 0.5) is 10.5 Å². The lowest BCUT2D eigenvalue weighted by Gasteiger charge is -2.56. The lowest BCUT2D eigenvalue weighted by Crippen LogP contribution is -2.56. The van der Waals surface area contributed by atoms with Crippen molar-refractivity contribution in [2.75, 3.05) is 45.2 Å². The predicted molar refractivity (Wildman–Crippen MR) is 182 cm³/mol. The zero-order valence-corrected chi connectivity index (χ0v) is 29.5. The van der Waals surface area contributed by atoms with Gasteiger partial charge in [-0.05, 0) is 81.7 Å². The van der Waals surface area contributed by atoms with Gasteiger partial charge in [0.05, 0.1) is 22.7 Å². The summed E-state index contributed by atoms with van der Waals surface area (Å²) in [4.78, 5) is 29.8. The Morgan fingerprint density at radius 1 is 1.17 bits per heavy atom. The smallest absolute Gasteiger partial charge is 0.409 e.